The molecule has 0 aromatic carbocycles. The molecule has 1 fully saturated rings. The van der Waals surface area contributed by atoms with Crippen molar-refractivity contribution in [3.63, 3.8) is 0 Å². The van der Waals surface area contributed by atoms with Gasteiger partial charge in [-0.2, -0.15) is 0 Å². The van der Waals surface area contributed by atoms with Crippen LogP contribution in [0.15, 0.2) is 0 Å². The monoisotopic (exact) mass is 196 g/mol. The Kier molecular flexibility index (Phi) is 1.96. The summed E-state index contributed by atoms with van der Waals surface area (Å²) in [7, 11) is 0. The van der Waals surface area contributed by atoms with E-state index in [1.807, 2.05) is 0 Å². The van der Waals surface area contributed by atoms with Gasteiger partial charge in [0.1, 0.15) is 0 Å². The fourth-order valence-electron chi connectivity index (χ4n) is 1.49. The second kappa shape index (κ2) is 2.79. The van der Waals surface area contributed by atoms with Crippen LogP contribution in [0.5, 0.6) is 0 Å². The zero-order chi connectivity index (χ0) is 9.64. The molecule has 0 bridgehead atoms. The molecule has 1 aliphatic rings. The standard InChI is InChI=1S/C10H16N2S/c1-6(2)9-12-7(3)8(13-9)10(11)4-5-10/h6H,4-5,11H2,1-3H3. The van der Waals surface area contributed by atoms with Gasteiger partial charge in [0, 0.05) is 10.8 Å². The summed E-state index contributed by atoms with van der Waals surface area (Å²) in [6.07, 6.45) is 2.27. The molecule has 3 heteroatoms. The van der Waals surface area contributed by atoms with Crippen LogP contribution in [0.2, 0.25) is 0 Å². The topological polar surface area (TPSA) is 38.9 Å². The van der Waals surface area contributed by atoms with Crippen LogP contribution in [-0.2, 0) is 5.54 Å². The average molecular weight is 196 g/mol. The molecule has 1 aliphatic carbocycles. The minimum atomic E-state index is -0.00507. The number of nitrogens with zero attached hydrogens (tertiary/aromatic N) is 1. The molecule has 0 spiro atoms. The maximum Gasteiger partial charge on any atom is 0.0957 e. The number of nitrogens with two attached hydrogens (primary N) is 1. The molecule has 1 aromatic heterocycles. The maximum atomic E-state index is 6.15. The SMILES string of the molecule is Cc1nc(C(C)C)sc1C1(N)CC1. The van der Waals surface area contributed by atoms with Gasteiger partial charge in [-0.05, 0) is 19.8 Å². The molecule has 0 radical (unpaired) electrons. The van der Waals surface area contributed by atoms with Gasteiger partial charge in [-0.25, -0.2) is 4.98 Å². The first-order valence-corrected chi connectivity index (χ1v) is 5.61. The van der Waals surface area contributed by atoms with E-state index in [9.17, 15) is 0 Å². The van der Waals surface area contributed by atoms with Crippen LogP contribution in [0.4, 0.5) is 0 Å². The van der Waals surface area contributed by atoms with Gasteiger partial charge in [0.25, 0.3) is 0 Å². The van der Waals surface area contributed by atoms with Gasteiger partial charge in [-0.3, -0.25) is 0 Å². The molecule has 0 saturated heterocycles. The Morgan fingerprint density at radius 1 is 1.46 bits per heavy atom. The quantitative estimate of drug-likeness (QED) is 0.789. The maximum absolute atomic E-state index is 6.15. The zero-order valence-electron chi connectivity index (χ0n) is 8.42. The molecule has 2 N–H and O–H groups in total. The Labute approximate surface area is 83.2 Å². The highest BCUT2D eigenvalue weighted by molar-refractivity contribution is 7.12. The molecule has 1 aromatic rings. The van der Waals surface area contributed by atoms with Crippen LogP contribution >= 0.6 is 11.3 Å². The molecular formula is C10H16N2S. The minimum absolute atomic E-state index is 0.00507. The Bertz CT molecular complexity index is 324. The van der Waals surface area contributed by atoms with Crippen LogP contribution in [0.3, 0.4) is 0 Å². The van der Waals surface area contributed by atoms with Crippen molar-refractivity contribution in [3.05, 3.63) is 15.6 Å². The normalized spacial score (nSPS) is 19.5. The highest BCUT2D eigenvalue weighted by atomic mass is 32.1. The van der Waals surface area contributed by atoms with Gasteiger partial charge in [0.05, 0.1) is 16.2 Å². The first-order valence-electron chi connectivity index (χ1n) is 4.79. The number of thiazole rings is 1. The Hall–Kier alpha value is -0.410. The summed E-state index contributed by atoms with van der Waals surface area (Å²) in [5, 5.41) is 1.23. The van der Waals surface area contributed by atoms with Gasteiger partial charge >= 0.3 is 0 Å². The lowest BCUT2D eigenvalue weighted by atomic mass is 10.2. The van der Waals surface area contributed by atoms with E-state index in [1.165, 1.54) is 9.88 Å². The molecule has 0 amide bonds. The number of aromatic nitrogens is 1. The van der Waals surface area contributed by atoms with Crippen molar-refractivity contribution in [2.75, 3.05) is 0 Å². The van der Waals surface area contributed by atoms with E-state index in [4.69, 9.17) is 5.73 Å². The Morgan fingerprint density at radius 3 is 2.46 bits per heavy atom. The fourth-order valence-corrected chi connectivity index (χ4v) is 2.72. The Morgan fingerprint density at radius 2 is 2.08 bits per heavy atom. The van der Waals surface area contributed by atoms with E-state index in [0.717, 1.165) is 18.5 Å². The van der Waals surface area contributed by atoms with Crippen molar-refractivity contribution in [3.8, 4) is 0 Å². The fraction of sp³-hybridized carbons (Fsp3) is 0.700. The summed E-state index contributed by atoms with van der Waals surface area (Å²) in [5.41, 5.74) is 7.29. The first-order chi connectivity index (χ1) is 6.03. The second-order valence-corrected chi connectivity index (χ2v) is 5.31. The van der Waals surface area contributed by atoms with Crippen molar-refractivity contribution in [2.45, 2.75) is 45.1 Å². The zero-order valence-corrected chi connectivity index (χ0v) is 9.24. The summed E-state index contributed by atoms with van der Waals surface area (Å²) in [4.78, 5) is 5.87. The van der Waals surface area contributed by atoms with Crippen LogP contribution in [-0.4, -0.2) is 4.98 Å². The lowest BCUT2D eigenvalue weighted by Crippen LogP contribution is -2.18. The first kappa shape index (κ1) is 9.16. The average Bonchev–Trinajstić information content (AvgIpc) is 2.63. The second-order valence-electron chi connectivity index (χ2n) is 4.28. The van der Waals surface area contributed by atoms with Crippen LogP contribution < -0.4 is 5.73 Å². The molecule has 2 nitrogen and oxygen atoms in total. The minimum Gasteiger partial charge on any atom is -0.321 e. The predicted octanol–water partition coefficient (Wildman–Crippen LogP) is 2.52. The van der Waals surface area contributed by atoms with E-state index >= 15 is 0 Å². The molecule has 2 rings (SSSR count). The summed E-state index contributed by atoms with van der Waals surface area (Å²) >= 11 is 1.80. The predicted molar refractivity (Wildman–Crippen MR) is 56.0 cm³/mol. The molecule has 1 heterocycles. The van der Waals surface area contributed by atoms with E-state index in [-0.39, 0.29) is 5.54 Å². The van der Waals surface area contributed by atoms with Crippen molar-refractivity contribution in [1.82, 2.24) is 4.98 Å². The number of hydrogen-bond acceptors (Lipinski definition) is 3. The molecule has 72 valence electrons. The Balaban J connectivity index is 2.36. The van der Waals surface area contributed by atoms with Gasteiger partial charge in [0.15, 0.2) is 0 Å². The van der Waals surface area contributed by atoms with Gasteiger partial charge in [-0.15, -0.1) is 11.3 Å². The third-order valence-electron chi connectivity index (χ3n) is 2.55. The number of rotatable bonds is 2. The summed E-state index contributed by atoms with van der Waals surface area (Å²) < 4.78 is 0. The van der Waals surface area contributed by atoms with Crippen LogP contribution in [0.1, 0.15) is 48.2 Å². The van der Waals surface area contributed by atoms with Crippen molar-refractivity contribution >= 4 is 11.3 Å². The lowest BCUT2D eigenvalue weighted by Gasteiger charge is -2.04. The summed E-state index contributed by atoms with van der Waals surface area (Å²) in [6.45, 7) is 6.43. The molecule has 0 aliphatic heterocycles. The lowest BCUT2D eigenvalue weighted by molar-refractivity contribution is 0.747. The van der Waals surface area contributed by atoms with E-state index in [0.29, 0.717) is 5.92 Å². The highest BCUT2D eigenvalue weighted by Gasteiger charge is 2.43. The van der Waals surface area contributed by atoms with Crippen LogP contribution in [0.25, 0.3) is 0 Å². The van der Waals surface area contributed by atoms with Gasteiger partial charge in [-0.1, -0.05) is 13.8 Å². The number of hydrogen-bond donors (Lipinski definition) is 1. The molecule has 0 unspecified atom stereocenters. The van der Waals surface area contributed by atoms with E-state index < -0.39 is 0 Å². The largest absolute Gasteiger partial charge is 0.321 e. The van der Waals surface area contributed by atoms with Gasteiger partial charge < -0.3 is 5.73 Å². The van der Waals surface area contributed by atoms with E-state index in [2.05, 4.69) is 25.8 Å². The van der Waals surface area contributed by atoms with Gasteiger partial charge in [0.2, 0.25) is 0 Å². The van der Waals surface area contributed by atoms with Crippen LogP contribution in [0, 0.1) is 6.92 Å². The molecular weight excluding hydrogens is 180 g/mol. The highest BCUT2D eigenvalue weighted by Crippen LogP contribution is 2.47. The smallest absolute Gasteiger partial charge is 0.0957 e. The summed E-state index contributed by atoms with van der Waals surface area (Å²) in [6, 6.07) is 0. The molecule has 0 atom stereocenters. The van der Waals surface area contributed by atoms with Crippen molar-refractivity contribution in [2.24, 2.45) is 5.73 Å². The molecule has 1 saturated carbocycles. The summed E-state index contributed by atoms with van der Waals surface area (Å²) in [5.74, 6) is 0.528. The van der Waals surface area contributed by atoms with Crippen molar-refractivity contribution in [1.29, 1.82) is 0 Å². The third kappa shape index (κ3) is 1.51. The molecule has 13 heavy (non-hydrogen) atoms. The number of aryl methyl sites for hydroxylation is 1. The third-order valence-corrected chi connectivity index (χ3v) is 4.23. The van der Waals surface area contributed by atoms with E-state index in [1.54, 1.807) is 11.3 Å². The van der Waals surface area contributed by atoms with Crippen molar-refractivity contribution < 1.29 is 0 Å².